The van der Waals surface area contributed by atoms with Gasteiger partial charge in [0, 0.05) is 22.6 Å². The second kappa shape index (κ2) is 5.50. The Bertz CT molecular complexity index is 532. The Labute approximate surface area is 116 Å². The number of nitrogens with one attached hydrogen (secondary N) is 2. The van der Waals surface area contributed by atoms with Gasteiger partial charge in [0.2, 0.25) is 0 Å². The molecule has 0 aliphatic rings. The fourth-order valence-electron chi connectivity index (χ4n) is 1.45. The predicted octanol–water partition coefficient (Wildman–Crippen LogP) is 2.13. The second-order valence-corrected chi connectivity index (χ2v) is 6.15. The second-order valence-electron chi connectivity index (χ2n) is 5.18. The average molecular weight is 278 g/mol. The summed E-state index contributed by atoms with van der Waals surface area (Å²) in [5.41, 5.74) is 4.25. The number of hydrogen-bond acceptors (Lipinski definition) is 7. The van der Waals surface area contributed by atoms with Gasteiger partial charge in [0.15, 0.2) is 0 Å². The molecular weight excluding hydrogens is 260 g/mol. The number of nitrogen functional groups attached to an aromatic ring is 1. The van der Waals surface area contributed by atoms with E-state index in [9.17, 15) is 0 Å². The number of thiazole rings is 1. The highest BCUT2D eigenvalue weighted by molar-refractivity contribution is 7.09. The first kappa shape index (κ1) is 13.7. The van der Waals surface area contributed by atoms with Crippen LogP contribution in [-0.4, -0.2) is 15.0 Å². The Kier molecular flexibility index (Phi) is 3.96. The summed E-state index contributed by atoms with van der Waals surface area (Å²) in [4.78, 5) is 14.1. The summed E-state index contributed by atoms with van der Waals surface area (Å²) in [6.07, 6.45) is 1.84. The zero-order valence-electron chi connectivity index (χ0n) is 11.3. The first-order valence-electron chi connectivity index (χ1n) is 5.96. The van der Waals surface area contributed by atoms with E-state index in [-0.39, 0.29) is 5.41 Å². The van der Waals surface area contributed by atoms with Gasteiger partial charge in [-0.3, -0.25) is 4.98 Å². The number of rotatable bonds is 4. The molecule has 7 heteroatoms. The molecule has 2 rings (SSSR count). The van der Waals surface area contributed by atoms with E-state index < -0.39 is 0 Å². The van der Waals surface area contributed by atoms with Gasteiger partial charge in [-0.25, -0.2) is 15.8 Å². The molecule has 0 bridgehead atoms. The van der Waals surface area contributed by atoms with E-state index in [1.54, 1.807) is 17.4 Å². The zero-order valence-corrected chi connectivity index (χ0v) is 12.1. The predicted molar refractivity (Wildman–Crippen MR) is 78.0 cm³/mol. The number of hydrogen-bond donors (Lipinski definition) is 3. The van der Waals surface area contributed by atoms with Gasteiger partial charge in [0.1, 0.15) is 17.5 Å². The van der Waals surface area contributed by atoms with Crippen LogP contribution in [0.1, 0.15) is 31.5 Å². The molecule has 4 N–H and O–H groups in total. The summed E-state index contributed by atoms with van der Waals surface area (Å²) in [6, 6.07) is 1.79. The Hall–Kier alpha value is -1.73. The third-order valence-corrected chi connectivity index (χ3v) is 3.25. The fourth-order valence-corrected chi connectivity index (χ4v) is 1.99. The highest BCUT2D eigenvalue weighted by Gasteiger charge is 2.19. The van der Waals surface area contributed by atoms with Crippen molar-refractivity contribution < 1.29 is 0 Å². The summed E-state index contributed by atoms with van der Waals surface area (Å²) in [5.74, 6) is 7.55. The molecule has 2 aromatic heterocycles. The SMILES string of the molecule is CC(C)(C)c1nc(NN)cc(NCc2cncs2)n1. The Morgan fingerprint density at radius 2 is 2.00 bits per heavy atom. The van der Waals surface area contributed by atoms with Crippen LogP contribution in [0.5, 0.6) is 0 Å². The fraction of sp³-hybridized carbons (Fsp3) is 0.417. The molecule has 0 amide bonds. The van der Waals surface area contributed by atoms with Crippen LogP contribution in [0.3, 0.4) is 0 Å². The molecule has 0 saturated heterocycles. The molecule has 0 aliphatic carbocycles. The van der Waals surface area contributed by atoms with E-state index in [0.717, 1.165) is 16.5 Å². The number of nitrogens with two attached hydrogens (primary N) is 1. The van der Waals surface area contributed by atoms with Gasteiger partial charge in [0.05, 0.1) is 12.1 Å². The standard InChI is InChI=1S/C12H18N6S/c1-12(2,3)11-16-9(4-10(17-11)18-13)15-6-8-5-14-7-19-8/h4-5,7H,6,13H2,1-3H3,(H2,15,16,17,18). The van der Waals surface area contributed by atoms with Crippen molar-refractivity contribution in [2.24, 2.45) is 5.84 Å². The van der Waals surface area contributed by atoms with Gasteiger partial charge in [-0.05, 0) is 0 Å². The molecule has 0 aliphatic heterocycles. The van der Waals surface area contributed by atoms with Crippen LogP contribution in [0.2, 0.25) is 0 Å². The van der Waals surface area contributed by atoms with Crippen molar-refractivity contribution in [2.75, 3.05) is 10.7 Å². The lowest BCUT2D eigenvalue weighted by Crippen LogP contribution is -2.19. The number of nitrogens with zero attached hydrogens (tertiary/aromatic N) is 3. The van der Waals surface area contributed by atoms with Crippen molar-refractivity contribution in [3.63, 3.8) is 0 Å². The quantitative estimate of drug-likeness (QED) is 0.586. The van der Waals surface area contributed by atoms with E-state index in [2.05, 4.69) is 46.5 Å². The van der Waals surface area contributed by atoms with E-state index in [1.807, 2.05) is 11.7 Å². The lowest BCUT2D eigenvalue weighted by molar-refractivity contribution is 0.546. The first-order valence-corrected chi connectivity index (χ1v) is 6.84. The maximum atomic E-state index is 5.45. The van der Waals surface area contributed by atoms with Crippen LogP contribution >= 0.6 is 11.3 Å². The summed E-state index contributed by atoms with van der Waals surface area (Å²) in [7, 11) is 0. The third kappa shape index (κ3) is 3.62. The van der Waals surface area contributed by atoms with E-state index >= 15 is 0 Å². The normalized spacial score (nSPS) is 11.4. The van der Waals surface area contributed by atoms with Crippen LogP contribution in [-0.2, 0) is 12.0 Å². The Balaban J connectivity index is 2.19. The molecule has 2 aromatic rings. The molecule has 19 heavy (non-hydrogen) atoms. The van der Waals surface area contributed by atoms with Crippen molar-refractivity contribution >= 4 is 23.0 Å². The van der Waals surface area contributed by atoms with Crippen LogP contribution in [0.25, 0.3) is 0 Å². The Morgan fingerprint density at radius 3 is 2.58 bits per heavy atom. The minimum Gasteiger partial charge on any atom is -0.365 e. The van der Waals surface area contributed by atoms with Gasteiger partial charge < -0.3 is 10.7 Å². The average Bonchev–Trinajstić information content (AvgIpc) is 2.88. The molecule has 0 aromatic carbocycles. The van der Waals surface area contributed by atoms with E-state index in [4.69, 9.17) is 5.84 Å². The topological polar surface area (TPSA) is 88.8 Å². The monoisotopic (exact) mass is 278 g/mol. The summed E-state index contributed by atoms with van der Waals surface area (Å²) in [5, 5.41) is 3.26. The molecular formula is C12H18N6S. The molecule has 2 heterocycles. The van der Waals surface area contributed by atoms with Gasteiger partial charge >= 0.3 is 0 Å². The minimum atomic E-state index is -0.131. The molecule has 0 radical (unpaired) electrons. The molecule has 102 valence electrons. The van der Waals surface area contributed by atoms with Gasteiger partial charge in [-0.1, -0.05) is 20.8 Å². The smallest absolute Gasteiger partial charge is 0.145 e. The molecule has 0 spiro atoms. The minimum absolute atomic E-state index is 0.131. The lowest BCUT2D eigenvalue weighted by Gasteiger charge is -2.18. The maximum Gasteiger partial charge on any atom is 0.145 e. The van der Waals surface area contributed by atoms with Crippen molar-refractivity contribution in [1.82, 2.24) is 15.0 Å². The van der Waals surface area contributed by atoms with Gasteiger partial charge in [0.25, 0.3) is 0 Å². The molecule has 0 atom stereocenters. The van der Waals surface area contributed by atoms with Crippen molar-refractivity contribution in [1.29, 1.82) is 0 Å². The van der Waals surface area contributed by atoms with Gasteiger partial charge in [-0.2, -0.15) is 0 Å². The van der Waals surface area contributed by atoms with Crippen LogP contribution < -0.4 is 16.6 Å². The van der Waals surface area contributed by atoms with Crippen LogP contribution in [0, 0.1) is 0 Å². The van der Waals surface area contributed by atoms with Gasteiger partial charge in [-0.15, -0.1) is 11.3 Å². The van der Waals surface area contributed by atoms with E-state index in [1.165, 1.54) is 0 Å². The molecule has 0 saturated carbocycles. The van der Waals surface area contributed by atoms with Crippen LogP contribution in [0.15, 0.2) is 17.8 Å². The highest BCUT2D eigenvalue weighted by atomic mass is 32.1. The van der Waals surface area contributed by atoms with Crippen molar-refractivity contribution in [3.8, 4) is 0 Å². The maximum absolute atomic E-state index is 5.45. The number of anilines is 2. The summed E-state index contributed by atoms with van der Waals surface area (Å²) < 4.78 is 0. The number of hydrazine groups is 1. The summed E-state index contributed by atoms with van der Waals surface area (Å²) in [6.45, 7) is 6.88. The largest absolute Gasteiger partial charge is 0.365 e. The lowest BCUT2D eigenvalue weighted by atomic mass is 9.96. The van der Waals surface area contributed by atoms with Crippen molar-refractivity contribution in [2.45, 2.75) is 32.7 Å². The van der Waals surface area contributed by atoms with E-state index in [0.29, 0.717) is 12.4 Å². The highest BCUT2D eigenvalue weighted by Crippen LogP contribution is 2.22. The van der Waals surface area contributed by atoms with Crippen LogP contribution in [0.4, 0.5) is 11.6 Å². The Morgan fingerprint density at radius 1 is 1.26 bits per heavy atom. The summed E-state index contributed by atoms with van der Waals surface area (Å²) >= 11 is 1.60. The first-order chi connectivity index (χ1) is 8.99. The number of aromatic nitrogens is 3. The molecule has 0 unspecified atom stereocenters. The molecule has 6 nitrogen and oxygen atoms in total. The third-order valence-electron chi connectivity index (χ3n) is 2.47. The van der Waals surface area contributed by atoms with Crippen molar-refractivity contribution in [3.05, 3.63) is 28.5 Å². The zero-order chi connectivity index (χ0) is 13.9. The molecule has 0 fully saturated rings.